The van der Waals surface area contributed by atoms with E-state index in [0.29, 0.717) is 46.4 Å². The Morgan fingerprint density at radius 2 is 1.69 bits per heavy atom. The van der Waals surface area contributed by atoms with Gasteiger partial charge in [0, 0.05) is 61.5 Å². The Bertz CT molecular complexity index is 2760. The molecule has 0 unspecified atom stereocenters. The van der Waals surface area contributed by atoms with E-state index in [9.17, 15) is 43.8 Å². The van der Waals surface area contributed by atoms with Crippen LogP contribution in [0.2, 0.25) is 0 Å². The Morgan fingerprint density at radius 1 is 0.946 bits per heavy atom. The van der Waals surface area contributed by atoms with Crippen LogP contribution in [0.1, 0.15) is 88.6 Å². The first kappa shape index (κ1) is 56.2. The van der Waals surface area contributed by atoms with E-state index in [1.54, 1.807) is 60.0 Å². The normalized spacial score (nSPS) is 15.4. The highest BCUT2D eigenvalue weighted by Gasteiger charge is 2.45. The van der Waals surface area contributed by atoms with Crippen molar-refractivity contribution in [2.24, 2.45) is 11.7 Å². The average molecular weight is 1030 g/mol. The zero-order valence-corrected chi connectivity index (χ0v) is 43.1. The van der Waals surface area contributed by atoms with E-state index in [1.165, 1.54) is 16.8 Å². The highest BCUT2D eigenvalue weighted by atomic mass is 16.6. The SMILES string of the molecule is CCc1c2c(nc3ccc(OC(=O)N(CCOCCO)CCN(C)C(=O)OCc4ccc(NC(=O)[C@H](CCCNC(N)=O)NC(=O)[C@@H](NC(C)C)C(C)C)cc4)cc13)-c1cc3c(c(=O)n1C2)COC(=O)[C@]3(O)CC. The molecule has 4 heterocycles. The Morgan fingerprint density at radius 3 is 2.35 bits per heavy atom. The van der Waals surface area contributed by atoms with Crippen LogP contribution in [0.3, 0.4) is 0 Å². The number of cyclic esters (lactones) is 1. The molecule has 6 amide bonds. The maximum absolute atomic E-state index is 13.8. The van der Waals surface area contributed by atoms with Crippen molar-refractivity contribution in [2.45, 2.75) is 111 Å². The monoisotopic (exact) mass is 1030 g/mol. The molecular formula is C52H69N9O13. The summed E-state index contributed by atoms with van der Waals surface area (Å²) < 4.78 is 23.7. The van der Waals surface area contributed by atoms with Crippen LogP contribution in [-0.2, 0) is 60.4 Å². The number of urea groups is 1. The van der Waals surface area contributed by atoms with E-state index in [4.69, 9.17) is 29.7 Å². The number of carbonyl (C=O) groups excluding carboxylic acids is 6. The molecule has 2 aromatic carbocycles. The number of rotatable bonds is 24. The number of hydrogen-bond acceptors (Lipinski definition) is 15. The number of aliphatic hydroxyl groups excluding tert-OH is 1. The van der Waals surface area contributed by atoms with Crippen molar-refractivity contribution in [3.63, 3.8) is 0 Å². The maximum atomic E-state index is 13.8. The largest absolute Gasteiger partial charge is 0.458 e. The van der Waals surface area contributed by atoms with Gasteiger partial charge in [0.15, 0.2) is 5.60 Å². The summed E-state index contributed by atoms with van der Waals surface area (Å²) in [7, 11) is 1.52. The van der Waals surface area contributed by atoms with Crippen LogP contribution in [0.15, 0.2) is 53.3 Å². The third-order valence-corrected chi connectivity index (χ3v) is 13.0. The Labute approximate surface area is 429 Å². The first-order chi connectivity index (χ1) is 35.3. The summed E-state index contributed by atoms with van der Waals surface area (Å²) in [6, 6.07) is 11.2. The van der Waals surface area contributed by atoms with E-state index in [1.807, 2.05) is 34.6 Å². The second kappa shape index (κ2) is 25.2. The number of fused-ring (bicyclic) bond motifs is 5. The molecule has 2 aliphatic rings. The van der Waals surface area contributed by atoms with Gasteiger partial charge in [-0.3, -0.25) is 14.4 Å². The zero-order valence-electron chi connectivity index (χ0n) is 43.1. The molecule has 0 aliphatic carbocycles. The van der Waals surface area contributed by atoms with Crippen LogP contribution < -0.4 is 37.3 Å². The number of amides is 6. The molecule has 6 rings (SSSR count). The molecule has 74 heavy (non-hydrogen) atoms. The topological polar surface area (TPSA) is 295 Å². The van der Waals surface area contributed by atoms with E-state index in [2.05, 4.69) is 21.3 Å². The summed E-state index contributed by atoms with van der Waals surface area (Å²) in [5.41, 5.74) is 7.65. The lowest BCUT2D eigenvalue weighted by Gasteiger charge is -2.31. The molecule has 400 valence electrons. The highest BCUT2D eigenvalue weighted by molar-refractivity contribution is 5.98. The molecule has 3 atom stereocenters. The third-order valence-electron chi connectivity index (χ3n) is 13.0. The minimum Gasteiger partial charge on any atom is -0.458 e. The predicted molar refractivity (Wildman–Crippen MR) is 273 cm³/mol. The minimum atomic E-state index is -1.96. The number of hydrogen-bond donors (Lipinski definition) is 7. The van der Waals surface area contributed by atoms with Crippen molar-refractivity contribution >= 4 is 52.6 Å². The van der Waals surface area contributed by atoms with Crippen molar-refractivity contribution in [2.75, 3.05) is 58.4 Å². The quantitative estimate of drug-likeness (QED) is 0.0343. The van der Waals surface area contributed by atoms with Crippen molar-refractivity contribution in [1.29, 1.82) is 0 Å². The summed E-state index contributed by atoms with van der Waals surface area (Å²) in [5, 5.41) is 32.7. The first-order valence-electron chi connectivity index (χ1n) is 24.9. The molecule has 2 aliphatic heterocycles. The molecule has 4 aromatic rings. The standard InChI is InChI=1S/C52H69N9O13/c1-8-35-36-25-34(16-17-40(36)57-44-37(35)27-61-42(44)26-39-38(47(61)65)29-72-48(66)52(39,70)9-2)74-51(69)60(21-23-71-24-22-62)20-19-59(7)50(68)73-28-32-12-14-33(15-13-32)56-45(63)41(11-10-18-54-49(53)67)58-46(64)43(30(3)4)55-31(5)6/h12-17,25-26,30-31,41,43,55,62,70H,8-11,18-24,27-29H2,1-7H3,(H,56,63)(H,58,64)(H3,53,54,67)/t41-,43-,52-/m0/s1. The van der Waals surface area contributed by atoms with Gasteiger partial charge in [-0.1, -0.05) is 53.7 Å². The van der Waals surface area contributed by atoms with Crippen LogP contribution in [0.25, 0.3) is 22.3 Å². The third kappa shape index (κ3) is 13.3. The van der Waals surface area contributed by atoms with Crippen molar-refractivity contribution in [3.8, 4) is 17.1 Å². The van der Waals surface area contributed by atoms with Gasteiger partial charge in [-0.2, -0.15) is 0 Å². The molecule has 0 radical (unpaired) electrons. The number of benzene rings is 2. The average Bonchev–Trinajstić information content (AvgIpc) is 3.74. The molecule has 0 bridgehead atoms. The molecule has 0 saturated carbocycles. The van der Waals surface area contributed by atoms with Crippen LogP contribution in [-0.4, -0.2) is 137 Å². The molecule has 0 fully saturated rings. The van der Waals surface area contributed by atoms with Gasteiger partial charge in [0.1, 0.15) is 25.0 Å². The van der Waals surface area contributed by atoms with Crippen molar-refractivity contribution in [1.82, 2.24) is 35.3 Å². The van der Waals surface area contributed by atoms with Gasteiger partial charge in [-0.25, -0.2) is 24.2 Å². The molecule has 0 spiro atoms. The number of aliphatic hydroxyl groups is 2. The second-order valence-electron chi connectivity index (χ2n) is 18.9. The Hall–Kier alpha value is -7.14. The number of primary amides is 1. The number of aromatic nitrogens is 2. The predicted octanol–water partition coefficient (Wildman–Crippen LogP) is 3.61. The fourth-order valence-corrected chi connectivity index (χ4v) is 8.92. The van der Waals surface area contributed by atoms with Gasteiger partial charge in [0.05, 0.1) is 54.9 Å². The van der Waals surface area contributed by atoms with E-state index < -0.39 is 47.8 Å². The first-order valence-corrected chi connectivity index (χ1v) is 24.9. The van der Waals surface area contributed by atoms with Gasteiger partial charge >= 0.3 is 24.2 Å². The fourth-order valence-electron chi connectivity index (χ4n) is 8.92. The lowest BCUT2D eigenvalue weighted by Crippen LogP contribution is -2.54. The van der Waals surface area contributed by atoms with E-state index in [-0.39, 0.29) is 119 Å². The number of aryl methyl sites for hydroxylation is 1. The van der Waals surface area contributed by atoms with Gasteiger partial charge < -0.3 is 70.5 Å². The van der Waals surface area contributed by atoms with Crippen LogP contribution in [0, 0.1) is 5.92 Å². The van der Waals surface area contributed by atoms with Crippen LogP contribution in [0.4, 0.5) is 20.1 Å². The molecule has 22 heteroatoms. The van der Waals surface area contributed by atoms with Gasteiger partial charge in [0.25, 0.3) is 5.56 Å². The number of nitrogens with two attached hydrogens (primary N) is 1. The van der Waals surface area contributed by atoms with E-state index >= 15 is 0 Å². The molecule has 0 saturated heterocycles. The van der Waals surface area contributed by atoms with Crippen LogP contribution >= 0.6 is 0 Å². The summed E-state index contributed by atoms with van der Waals surface area (Å²) in [6.45, 7) is 11.4. The van der Waals surface area contributed by atoms with Gasteiger partial charge in [-0.05, 0) is 79.1 Å². The number of likely N-dealkylation sites (N-methyl/N-ethyl adjacent to an activating group) is 1. The molecular weight excluding hydrogens is 959 g/mol. The lowest BCUT2D eigenvalue weighted by molar-refractivity contribution is -0.172. The number of carbonyl (C=O) groups is 6. The van der Waals surface area contributed by atoms with Crippen molar-refractivity contribution in [3.05, 3.63) is 86.7 Å². The number of nitrogens with one attached hydrogen (secondary N) is 4. The number of ether oxygens (including phenoxy) is 4. The maximum Gasteiger partial charge on any atom is 0.415 e. The molecule has 22 nitrogen and oxygen atoms in total. The summed E-state index contributed by atoms with van der Waals surface area (Å²) in [5.74, 6) is -1.41. The summed E-state index contributed by atoms with van der Waals surface area (Å²) >= 11 is 0. The lowest BCUT2D eigenvalue weighted by atomic mass is 9.86. The van der Waals surface area contributed by atoms with Gasteiger partial charge in [0.2, 0.25) is 11.8 Å². The fraction of sp³-hybridized carbons (Fsp3) is 0.500. The number of esters is 1. The second-order valence-corrected chi connectivity index (χ2v) is 18.9. The molecule has 8 N–H and O–H groups in total. The smallest absolute Gasteiger partial charge is 0.415 e. The van der Waals surface area contributed by atoms with E-state index in [0.717, 1.165) is 11.1 Å². The number of anilines is 1. The summed E-state index contributed by atoms with van der Waals surface area (Å²) in [4.78, 5) is 99.0. The highest BCUT2D eigenvalue weighted by Crippen LogP contribution is 2.41. The number of nitrogens with zero attached hydrogens (tertiary/aromatic N) is 4. The summed E-state index contributed by atoms with van der Waals surface area (Å²) in [6.07, 6.45) is -0.224. The zero-order chi connectivity index (χ0) is 53.9. The Kier molecular flexibility index (Phi) is 19.1. The minimum absolute atomic E-state index is 0.0210. The Balaban J connectivity index is 1.07. The van der Waals surface area contributed by atoms with Crippen molar-refractivity contribution < 1.29 is 57.9 Å². The number of pyridine rings is 2. The van der Waals surface area contributed by atoms with Gasteiger partial charge in [-0.15, -0.1) is 0 Å². The van der Waals surface area contributed by atoms with Crippen LogP contribution in [0.5, 0.6) is 5.75 Å². The molecule has 2 aromatic heterocycles.